The number of sulfonamides is 1. The van der Waals surface area contributed by atoms with Crippen LogP contribution in [-0.4, -0.2) is 49.1 Å². The summed E-state index contributed by atoms with van der Waals surface area (Å²) in [5.74, 6) is 0.0234. The molecule has 3 aromatic rings. The van der Waals surface area contributed by atoms with Crippen molar-refractivity contribution in [1.29, 1.82) is 0 Å². The zero-order valence-electron chi connectivity index (χ0n) is 19.3. The van der Waals surface area contributed by atoms with Crippen LogP contribution in [0.15, 0.2) is 57.8 Å². The highest BCUT2D eigenvalue weighted by molar-refractivity contribution is 7.89. The van der Waals surface area contributed by atoms with Crippen molar-refractivity contribution in [2.75, 3.05) is 20.2 Å². The topological polar surface area (TPSA) is 112 Å². The first-order valence-electron chi connectivity index (χ1n) is 11.0. The zero-order chi connectivity index (χ0) is 24.3. The van der Waals surface area contributed by atoms with Gasteiger partial charge in [-0.1, -0.05) is 17.7 Å². The third-order valence-electron chi connectivity index (χ3n) is 5.79. The Bertz CT molecular complexity index is 1240. The number of aromatic nitrogens is 2. The van der Waals surface area contributed by atoms with Crippen LogP contribution in [0.3, 0.4) is 0 Å². The number of hydrogen-bond acceptors (Lipinski definition) is 8. The van der Waals surface area contributed by atoms with Gasteiger partial charge in [-0.15, -0.1) is 10.2 Å². The van der Waals surface area contributed by atoms with Crippen molar-refractivity contribution in [3.8, 4) is 17.2 Å². The van der Waals surface area contributed by atoms with Gasteiger partial charge in [0.25, 0.3) is 5.89 Å². The van der Waals surface area contributed by atoms with Gasteiger partial charge in [-0.05, 0) is 63.1 Å². The largest absolute Gasteiger partial charge is 0.497 e. The van der Waals surface area contributed by atoms with E-state index in [1.54, 1.807) is 19.1 Å². The molecule has 0 spiro atoms. The van der Waals surface area contributed by atoms with Crippen LogP contribution in [0.4, 0.5) is 0 Å². The van der Waals surface area contributed by atoms with Crippen LogP contribution in [0.2, 0.25) is 0 Å². The van der Waals surface area contributed by atoms with Crippen LogP contribution in [0, 0.1) is 12.8 Å². The minimum Gasteiger partial charge on any atom is -0.497 e. The standard InChI is InChI=1S/C24H27N3O6S/c1-16-6-8-18(9-7-16)23-26-25-22(33-23)17(2)32-24(28)19-5-4-14-27(15-19)34(29,30)21-12-10-20(31-3)11-13-21/h6-13,17,19H,4-5,14-15H2,1-3H3. The highest BCUT2D eigenvalue weighted by atomic mass is 32.2. The number of carbonyl (C=O) groups is 1. The van der Waals surface area contributed by atoms with E-state index in [1.807, 2.05) is 31.2 Å². The summed E-state index contributed by atoms with van der Waals surface area (Å²) in [6.45, 7) is 4.04. The Morgan fingerprint density at radius 1 is 1.12 bits per heavy atom. The van der Waals surface area contributed by atoms with Gasteiger partial charge in [0.2, 0.25) is 15.9 Å². The van der Waals surface area contributed by atoms with Gasteiger partial charge >= 0.3 is 5.97 Å². The van der Waals surface area contributed by atoms with Gasteiger partial charge in [0.1, 0.15) is 5.75 Å². The Labute approximate surface area is 198 Å². The van der Waals surface area contributed by atoms with E-state index in [9.17, 15) is 13.2 Å². The van der Waals surface area contributed by atoms with Gasteiger partial charge < -0.3 is 13.9 Å². The molecule has 4 rings (SSSR count). The molecule has 2 unspecified atom stereocenters. The minimum atomic E-state index is -3.74. The number of ether oxygens (including phenoxy) is 2. The maximum absolute atomic E-state index is 13.1. The van der Waals surface area contributed by atoms with Crippen molar-refractivity contribution >= 4 is 16.0 Å². The predicted molar refractivity (Wildman–Crippen MR) is 123 cm³/mol. The lowest BCUT2D eigenvalue weighted by Gasteiger charge is -2.31. The molecule has 0 amide bonds. The van der Waals surface area contributed by atoms with Crippen molar-refractivity contribution in [3.05, 3.63) is 60.0 Å². The summed E-state index contributed by atoms with van der Waals surface area (Å²) in [7, 11) is -2.22. The second kappa shape index (κ2) is 9.94. The lowest BCUT2D eigenvalue weighted by atomic mass is 10.00. The van der Waals surface area contributed by atoms with Crippen LogP contribution < -0.4 is 4.74 Å². The molecule has 0 saturated carbocycles. The average molecular weight is 486 g/mol. The van der Waals surface area contributed by atoms with Crippen LogP contribution in [0.1, 0.15) is 37.3 Å². The molecule has 180 valence electrons. The number of carbonyl (C=O) groups excluding carboxylic acids is 1. The first kappa shape index (κ1) is 23.9. The Balaban J connectivity index is 1.40. The van der Waals surface area contributed by atoms with Gasteiger partial charge in [-0.25, -0.2) is 8.42 Å². The molecule has 2 heterocycles. The number of nitrogens with zero attached hydrogens (tertiary/aromatic N) is 3. The molecule has 2 aromatic carbocycles. The minimum absolute atomic E-state index is 0.0539. The molecule has 1 aliphatic heterocycles. The molecule has 0 bridgehead atoms. The van der Waals surface area contributed by atoms with E-state index < -0.39 is 28.0 Å². The third-order valence-corrected chi connectivity index (χ3v) is 7.67. The van der Waals surface area contributed by atoms with Gasteiger partial charge in [0.15, 0.2) is 6.10 Å². The fourth-order valence-electron chi connectivity index (χ4n) is 3.78. The normalized spacial score (nSPS) is 17.8. The van der Waals surface area contributed by atoms with Gasteiger partial charge in [0, 0.05) is 18.7 Å². The maximum atomic E-state index is 13.1. The first-order valence-corrected chi connectivity index (χ1v) is 12.5. The second-order valence-electron chi connectivity index (χ2n) is 8.27. The summed E-state index contributed by atoms with van der Waals surface area (Å²) in [4.78, 5) is 13.0. The summed E-state index contributed by atoms with van der Waals surface area (Å²) < 4.78 is 43.8. The van der Waals surface area contributed by atoms with Crippen molar-refractivity contribution in [2.24, 2.45) is 5.92 Å². The fourth-order valence-corrected chi connectivity index (χ4v) is 5.31. The monoisotopic (exact) mass is 485 g/mol. The molecule has 9 nitrogen and oxygen atoms in total. The third kappa shape index (κ3) is 5.13. The quantitative estimate of drug-likeness (QED) is 0.465. The van der Waals surface area contributed by atoms with E-state index in [1.165, 1.54) is 23.5 Å². The molecule has 34 heavy (non-hydrogen) atoms. The number of rotatable bonds is 7. The van der Waals surface area contributed by atoms with Crippen molar-refractivity contribution in [1.82, 2.24) is 14.5 Å². The highest BCUT2D eigenvalue weighted by Crippen LogP contribution is 2.28. The van der Waals surface area contributed by atoms with Crippen LogP contribution >= 0.6 is 0 Å². The molecular formula is C24H27N3O6S. The lowest BCUT2D eigenvalue weighted by Crippen LogP contribution is -2.42. The number of benzene rings is 2. The van der Waals surface area contributed by atoms with Crippen LogP contribution in [-0.2, 0) is 19.6 Å². The van der Waals surface area contributed by atoms with Crippen molar-refractivity contribution in [3.63, 3.8) is 0 Å². The van der Waals surface area contributed by atoms with E-state index in [0.717, 1.165) is 11.1 Å². The maximum Gasteiger partial charge on any atom is 0.311 e. The fraction of sp³-hybridized carbons (Fsp3) is 0.375. The molecule has 0 N–H and O–H groups in total. The first-order chi connectivity index (χ1) is 16.3. The summed E-state index contributed by atoms with van der Waals surface area (Å²) in [5.41, 5.74) is 1.89. The molecule has 2 atom stereocenters. The number of methoxy groups -OCH3 is 1. The average Bonchev–Trinajstić information content (AvgIpc) is 3.35. The molecular weight excluding hydrogens is 458 g/mol. The van der Waals surface area contributed by atoms with E-state index >= 15 is 0 Å². The van der Waals surface area contributed by atoms with Gasteiger partial charge in [-0.2, -0.15) is 4.31 Å². The van der Waals surface area contributed by atoms with E-state index in [2.05, 4.69) is 10.2 Å². The summed E-state index contributed by atoms with van der Waals surface area (Å²) in [6.07, 6.45) is 0.341. The van der Waals surface area contributed by atoms with Gasteiger partial charge in [0.05, 0.1) is 17.9 Å². The molecule has 10 heteroatoms. The number of esters is 1. The second-order valence-corrected chi connectivity index (χ2v) is 10.2. The molecule has 1 saturated heterocycles. The molecule has 1 aliphatic rings. The molecule has 1 fully saturated rings. The summed E-state index contributed by atoms with van der Waals surface area (Å²) in [6, 6.07) is 13.8. The van der Waals surface area contributed by atoms with E-state index in [4.69, 9.17) is 13.9 Å². The molecule has 1 aromatic heterocycles. The summed E-state index contributed by atoms with van der Waals surface area (Å²) in [5, 5.41) is 8.05. The predicted octanol–water partition coefficient (Wildman–Crippen LogP) is 3.76. The highest BCUT2D eigenvalue weighted by Gasteiger charge is 2.35. The van der Waals surface area contributed by atoms with Crippen LogP contribution in [0.25, 0.3) is 11.5 Å². The smallest absolute Gasteiger partial charge is 0.311 e. The number of piperidine rings is 1. The molecule has 0 radical (unpaired) electrons. The number of aryl methyl sites for hydroxylation is 1. The Morgan fingerprint density at radius 2 is 1.82 bits per heavy atom. The Kier molecular flexibility index (Phi) is 6.99. The van der Waals surface area contributed by atoms with Gasteiger partial charge in [-0.3, -0.25) is 4.79 Å². The van der Waals surface area contributed by atoms with E-state index in [0.29, 0.717) is 31.0 Å². The number of hydrogen-bond donors (Lipinski definition) is 0. The Morgan fingerprint density at radius 3 is 2.50 bits per heavy atom. The SMILES string of the molecule is COc1ccc(S(=O)(=O)N2CCCC(C(=O)OC(C)c3nnc(-c4ccc(C)cc4)o3)C2)cc1. The Hall–Kier alpha value is -3.24. The molecule has 0 aliphatic carbocycles. The zero-order valence-corrected chi connectivity index (χ0v) is 20.1. The van der Waals surface area contributed by atoms with Crippen molar-refractivity contribution < 1.29 is 27.1 Å². The van der Waals surface area contributed by atoms with Crippen molar-refractivity contribution in [2.45, 2.75) is 37.7 Å². The lowest BCUT2D eigenvalue weighted by molar-refractivity contribution is -0.156. The van der Waals surface area contributed by atoms with E-state index in [-0.39, 0.29) is 17.3 Å². The van der Waals surface area contributed by atoms with Crippen LogP contribution in [0.5, 0.6) is 5.75 Å². The summed E-state index contributed by atoms with van der Waals surface area (Å²) >= 11 is 0.